The quantitative estimate of drug-likeness (QED) is 0.787. The first kappa shape index (κ1) is 16.3. The van der Waals surface area contributed by atoms with Crippen LogP contribution in [0.3, 0.4) is 0 Å². The van der Waals surface area contributed by atoms with Gasteiger partial charge in [0.05, 0.1) is 4.99 Å². The number of anilines is 1. The van der Waals surface area contributed by atoms with Crippen molar-refractivity contribution in [2.45, 2.75) is 13.8 Å². The van der Waals surface area contributed by atoms with E-state index in [-0.39, 0.29) is 11.8 Å². The number of hydrogen-bond acceptors (Lipinski definition) is 5. The van der Waals surface area contributed by atoms with Crippen LogP contribution in [0.15, 0.2) is 12.1 Å². The number of carbonyl (C=O) groups excluding carboxylic acids is 1. The lowest BCUT2D eigenvalue weighted by molar-refractivity contribution is 0.0821. The maximum Gasteiger partial charge on any atom is 0.273 e. The molecule has 6 nitrogen and oxygen atoms in total. The van der Waals surface area contributed by atoms with Crippen LogP contribution in [-0.2, 0) is 0 Å². The van der Waals surface area contributed by atoms with Crippen molar-refractivity contribution in [1.82, 2.24) is 15.1 Å². The van der Waals surface area contributed by atoms with E-state index >= 15 is 0 Å². The Kier molecular flexibility index (Phi) is 5.82. The lowest BCUT2D eigenvalue weighted by Gasteiger charge is -2.24. The van der Waals surface area contributed by atoms with Gasteiger partial charge in [0.1, 0.15) is 0 Å². The second-order valence-corrected chi connectivity index (χ2v) is 5.29. The van der Waals surface area contributed by atoms with Gasteiger partial charge in [-0.05, 0) is 19.1 Å². The van der Waals surface area contributed by atoms with Crippen molar-refractivity contribution in [3.8, 4) is 0 Å². The molecule has 0 spiro atoms. The SMILES string of the molecule is CCN(CC(C)C(N)=S)c1ccc(C(=O)N(C)C)nn1. The predicted octanol–water partition coefficient (Wildman–Crippen LogP) is 0.927. The fourth-order valence-corrected chi connectivity index (χ4v) is 1.72. The lowest BCUT2D eigenvalue weighted by atomic mass is 10.1. The molecular weight excluding hydrogens is 274 g/mol. The van der Waals surface area contributed by atoms with E-state index < -0.39 is 0 Å². The number of aromatic nitrogens is 2. The van der Waals surface area contributed by atoms with E-state index in [4.69, 9.17) is 18.0 Å². The number of hydrogen-bond donors (Lipinski definition) is 1. The average molecular weight is 295 g/mol. The third kappa shape index (κ3) is 4.12. The summed E-state index contributed by atoms with van der Waals surface area (Å²) in [6, 6.07) is 3.47. The van der Waals surface area contributed by atoms with Crippen LogP contribution < -0.4 is 10.6 Å². The van der Waals surface area contributed by atoms with Crippen LogP contribution in [0, 0.1) is 5.92 Å². The highest BCUT2D eigenvalue weighted by molar-refractivity contribution is 7.80. The zero-order valence-electron chi connectivity index (χ0n) is 12.3. The van der Waals surface area contributed by atoms with Crippen LogP contribution in [0.4, 0.5) is 5.82 Å². The van der Waals surface area contributed by atoms with Crippen LogP contribution in [0.25, 0.3) is 0 Å². The minimum Gasteiger partial charge on any atom is -0.393 e. The molecule has 0 saturated heterocycles. The summed E-state index contributed by atoms with van der Waals surface area (Å²) < 4.78 is 0. The second kappa shape index (κ2) is 7.14. The monoisotopic (exact) mass is 295 g/mol. The van der Waals surface area contributed by atoms with E-state index in [1.165, 1.54) is 4.90 Å². The van der Waals surface area contributed by atoms with Gasteiger partial charge in [-0.3, -0.25) is 4.79 Å². The largest absolute Gasteiger partial charge is 0.393 e. The highest BCUT2D eigenvalue weighted by Gasteiger charge is 2.15. The number of carbonyl (C=O) groups is 1. The highest BCUT2D eigenvalue weighted by Crippen LogP contribution is 2.12. The van der Waals surface area contributed by atoms with Crippen molar-refractivity contribution in [2.24, 2.45) is 11.7 Å². The average Bonchev–Trinajstić information content (AvgIpc) is 2.43. The molecule has 1 rings (SSSR count). The molecule has 0 aliphatic heterocycles. The van der Waals surface area contributed by atoms with Gasteiger partial charge in [-0.15, -0.1) is 10.2 Å². The summed E-state index contributed by atoms with van der Waals surface area (Å²) in [6.45, 7) is 5.44. The van der Waals surface area contributed by atoms with Gasteiger partial charge in [0.15, 0.2) is 11.5 Å². The first-order valence-electron chi connectivity index (χ1n) is 6.46. The fraction of sp³-hybridized carbons (Fsp3) is 0.538. The van der Waals surface area contributed by atoms with Gasteiger partial charge >= 0.3 is 0 Å². The van der Waals surface area contributed by atoms with Crippen molar-refractivity contribution in [2.75, 3.05) is 32.1 Å². The summed E-state index contributed by atoms with van der Waals surface area (Å²) in [5, 5.41) is 8.08. The molecule has 7 heteroatoms. The predicted molar refractivity (Wildman–Crippen MR) is 83.9 cm³/mol. The van der Waals surface area contributed by atoms with E-state index in [9.17, 15) is 4.79 Å². The number of nitrogens with two attached hydrogens (primary N) is 1. The first-order valence-corrected chi connectivity index (χ1v) is 6.87. The smallest absolute Gasteiger partial charge is 0.273 e. The van der Waals surface area contributed by atoms with E-state index in [0.29, 0.717) is 23.0 Å². The van der Waals surface area contributed by atoms with Crippen molar-refractivity contribution in [3.05, 3.63) is 17.8 Å². The minimum absolute atomic E-state index is 0.0924. The summed E-state index contributed by atoms with van der Waals surface area (Å²) in [6.07, 6.45) is 0. The molecule has 2 N–H and O–H groups in total. The Morgan fingerprint density at radius 3 is 2.45 bits per heavy atom. The molecule has 1 aromatic rings. The van der Waals surface area contributed by atoms with Gasteiger partial charge in [0.25, 0.3) is 5.91 Å². The molecule has 1 amide bonds. The molecule has 0 saturated carbocycles. The maximum atomic E-state index is 11.7. The van der Waals surface area contributed by atoms with Crippen molar-refractivity contribution < 1.29 is 4.79 Å². The topological polar surface area (TPSA) is 75.3 Å². The van der Waals surface area contributed by atoms with Crippen molar-refractivity contribution >= 4 is 28.9 Å². The Labute approximate surface area is 125 Å². The third-order valence-electron chi connectivity index (χ3n) is 2.96. The number of thiocarbonyl (C=S) groups is 1. The number of rotatable bonds is 6. The molecule has 1 unspecified atom stereocenters. The summed E-state index contributed by atoms with van der Waals surface area (Å²) >= 11 is 4.98. The Hall–Kier alpha value is -1.76. The molecule has 20 heavy (non-hydrogen) atoms. The normalized spacial score (nSPS) is 11.8. The summed E-state index contributed by atoms with van der Waals surface area (Å²) in [5.74, 6) is 0.643. The molecule has 0 aliphatic rings. The van der Waals surface area contributed by atoms with E-state index in [1.807, 2.05) is 18.7 Å². The van der Waals surface area contributed by atoms with Crippen LogP contribution in [-0.4, -0.2) is 53.2 Å². The van der Waals surface area contributed by atoms with E-state index in [0.717, 1.165) is 6.54 Å². The zero-order chi connectivity index (χ0) is 15.3. The number of amides is 1. The molecule has 1 aromatic heterocycles. The molecule has 1 heterocycles. The molecular formula is C13H21N5OS. The second-order valence-electron chi connectivity index (χ2n) is 4.82. The van der Waals surface area contributed by atoms with Gasteiger partial charge < -0.3 is 15.5 Å². The molecule has 1 atom stereocenters. The fourth-order valence-electron chi connectivity index (χ4n) is 1.64. The van der Waals surface area contributed by atoms with Gasteiger partial charge in [-0.1, -0.05) is 19.1 Å². The van der Waals surface area contributed by atoms with Crippen molar-refractivity contribution in [1.29, 1.82) is 0 Å². The van der Waals surface area contributed by atoms with Crippen LogP contribution >= 0.6 is 12.2 Å². The maximum absolute atomic E-state index is 11.7. The number of nitrogens with zero attached hydrogens (tertiary/aromatic N) is 4. The lowest BCUT2D eigenvalue weighted by Crippen LogP contribution is -2.34. The highest BCUT2D eigenvalue weighted by atomic mass is 32.1. The Bertz CT molecular complexity index is 474. The Morgan fingerprint density at radius 2 is 2.05 bits per heavy atom. The third-order valence-corrected chi connectivity index (χ3v) is 3.36. The Morgan fingerprint density at radius 1 is 1.40 bits per heavy atom. The standard InChI is InChI=1S/C13H21N5OS/c1-5-18(8-9(2)12(14)20)11-7-6-10(15-16-11)13(19)17(3)4/h6-7,9H,5,8H2,1-4H3,(H2,14,20). The van der Waals surface area contributed by atoms with Crippen LogP contribution in [0.1, 0.15) is 24.3 Å². The summed E-state index contributed by atoms with van der Waals surface area (Å²) in [4.78, 5) is 15.7. The molecule has 0 bridgehead atoms. The first-order chi connectivity index (χ1) is 9.36. The minimum atomic E-state index is -0.163. The van der Waals surface area contributed by atoms with Crippen molar-refractivity contribution in [3.63, 3.8) is 0 Å². The van der Waals surface area contributed by atoms with Gasteiger partial charge in [-0.25, -0.2) is 0 Å². The van der Waals surface area contributed by atoms with Gasteiger partial charge in [0.2, 0.25) is 0 Å². The van der Waals surface area contributed by atoms with E-state index in [2.05, 4.69) is 10.2 Å². The summed E-state index contributed by atoms with van der Waals surface area (Å²) in [7, 11) is 3.36. The van der Waals surface area contributed by atoms with Gasteiger partial charge in [-0.2, -0.15) is 0 Å². The molecule has 0 aromatic carbocycles. The zero-order valence-corrected chi connectivity index (χ0v) is 13.1. The molecule has 110 valence electrons. The molecule has 0 radical (unpaired) electrons. The Balaban J connectivity index is 2.85. The summed E-state index contributed by atoms with van der Waals surface area (Å²) in [5.41, 5.74) is 5.96. The van der Waals surface area contributed by atoms with E-state index in [1.54, 1.807) is 26.2 Å². The van der Waals surface area contributed by atoms with Crippen LogP contribution in [0.5, 0.6) is 0 Å². The van der Waals surface area contributed by atoms with Crippen LogP contribution in [0.2, 0.25) is 0 Å². The molecule has 0 fully saturated rings. The van der Waals surface area contributed by atoms with Gasteiger partial charge in [0, 0.05) is 33.1 Å². The molecule has 0 aliphatic carbocycles.